The third-order valence-electron chi connectivity index (χ3n) is 3.86. The molecule has 0 radical (unpaired) electrons. The highest BCUT2D eigenvalue weighted by Crippen LogP contribution is 2.29. The van der Waals surface area contributed by atoms with Crippen molar-refractivity contribution in [2.24, 2.45) is 11.3 Å². The molecule has 2 fully saturated rings. The molecule has 1 N–H and O–H groups in total. The Kier molecular flexibility index (Phi) is 3.50. The Morgan fingerprint density at radius 1 is 1.62 bits per heavy atom. The summed E-state index contributed by atoms with van der Waals surface area (Å²) in [7, 11) is 1.73. The van der Waals surface area contributed by atoms with E-state index < -0.39 is 0 Å². The first kappa shape index (κ1) is 11.9. The van der Waals surface area contributed by atoms with E-state index in [1.54, 1.807) is 7.11 Å². The molecule has 2 aliphatic rings. The summed E-state index contributed by atoms with van der Waals surface area (Å²) in [5.74, 6) is 0.864. The molecular weight excluding hydrogens is 204 g/mol. The van der Waals surface area contributed by atoms with Gasteiger partial charge in [-0.15, -0.1) is 0 Å². The molecule has 16 heavy (non-hydrogen) atoms. The summed E-state index contributed by atoms with van der Waals surface area (Å²) in [5.41, 5.74) is -0.165. The molecular formula is C12H22N2O2. The molecule has 0 bridgehead atoms. The first-order valence-corrected chi connectivity index (χ1v) is 6.15. The van der Waals surface area contributed by atoms with Crippen molar-refractivity contribution in [3.05, 3.63) is 0 Å². The standard InChI is InChI=1S/C12H22N2O2/c1-12(4-5-13-9-12)11(15)14-6-3-10(7-14)8-16-2/h10,13H,3-9H2,1-2H3. The van der Waals surface area contributed by atoms with Gasteiger partial charge in [0.15, 0.2) is 0 Å². The minimum atomic E-state index is -0.165. The summed E-state index contributed by atoms with van der Waals surface area (Å²) in [6.45, 7) is 6.44. The lowest BCUT2D eigenvalue weighted by molar-refractivity contribution is -0.139. The van der Waals surface area contributed by atoms with Gasteiger partial charge in [-0.2, -0.15) is 0 Å². The normalized spacial score (nSPS) is 34.6. The Hall–Kier alpha value is -0.610. The van der Waals surface area contributed by atoms with Crippen molar-refractivity contribution in [3.8, 4) is 0 Å². The number of amides is 1. The van der Waals surface area contributed by atoms with Crippen LogP contribution in [0.1, 0.15) is 19.8 Å². The molecule has 0 saturated carbocycles. The van der Waals surface area contributed by atoms with Gasteiger partial charge in [0.2, 0.25) is 5.91 Å². The zero-order valence-corrected chi connectivity index (χ0v) is 10.3. The highest BCUT2D eigenvalue weighted by atomic mass is 16.5. The third kappa shape index (κ3) is 2.23. The van der Waals surface area contributed by atoms with Crippen LogP contribution in [0.25, 0.3) is 0 Å². The summed E-state index contributed by atoms with van der Waals surface area (Å²) in [6, 6.07) is 0. The van der Waals surface area contributed by atoms with Gasteiger partial charge in [-0.25, -0.2) is 0 Å². The molecule has 4 heteroatoms. The second kappa shape index (κ2) is 4.72. The van der Waals surface area contributed by atoms with Crippen LogP contribution in [0.2, 0.25) is 0 Å². The molecule has 0 aromatic heterocycles. The molecule has 2 heterocycles. The van der Waals surface area contributed by atoms with Crippen LogP contribution in [0.15, 0.2) is 0 Å². The van der Waals surface area contributed by atoms with Crippen molar-refractivity contribution in [3.63, 3.8) is 0 Å². The molecule has 0 aromatic rings. The van der Waals surface area contributed by atoms with Crippen LogP contribution < -0.4 is 5.32 Å². The average Bonchev–Trinajstić information content (AvgIpc) is 2.88. The van der Waals surface area contributed by atoms with Gasteiger partial charge in [-0.3, -0.25) is 4.79 Å². The van der Waals surface area contributed by atoms with E-state index in [9.17, 15) is 4.79 Å². The summed E-state index contributed by atoms with van der Waals surface area (Å²) >= 11 is 0. The van der Waals surface area contributed by atoms with Crippen molar-refractivity contribution in [2.75, 3.05) is 39.9 Å². The minimum Gasteiger partial charge on any atom is -0.384 e. The topological polar surface area (TPSA) is 41.6 Å². The van der Waals surface area contributed by atoms with Crippen LogP contribution in [0, 0.1) is 11.3 Å². The minimum absolute atomic E-state index is 0.165. The predicted molar refractivity (Wildman–Crippen MR) is 62.2 cm³/mol. The predicted octanol–water partition coefficient (Wildman–Crippen LogP) is 0.481. The maximum absolute atomic E-state index is 12.4. The molecule has 2 aliphatic heterocycles. The van der Waals surface area contributed by atoms with E-state index in [0.29, 0.717) is 11.8 Å². The van der Waals surface area contributed by atoms with Crippen LogP contribution in [0.5, 0.6) is 0 Å². The molecule has 1 amide bonds. The number of methoxy groups -OCH3 is 1. The fourth-order valence-corrected chi connectivity index (χ4v) is 2.77. The molecule has 0 aromatic carbocycles. The van der Waals surface area contributed by atoms with Gasteiger partial charge in [0.05, 0.1) is 12.0 Å². The number of likely N-dealkylation sites (tertiary alicyclic amines) is 1. The first-order valence-electron chi connectivity index (χ1n) is 6.15. The van der Waals surface area contributed by atoms with Crippen LogP contribution >= 0.6 is 0 Å². The van der Waals surface area contributed by atoms with Gasteiger partial charge in [0.25, 0.3) is 0 Å². The zero-order chi connectivity index (χ0) is 11.6. The fraction of sp³-hybridized carbons (Fsp3) is 0.917. The Morgan fingerprint density at radius 3 is 3.06 bits per heavy atom. The highest BCUT2D eigenvalue weighted by molar-refractivity contribution is 5.83. The number of hydrogen-bond acceptors (Lipinski definition) is 3. The average molecular weight is 226 g/mol. The van der Waals surface area contributed by atoms with Gasteiger partial charge < -0.3 is 15.0 Å². The maximum atomic E-state index is 12.4. The fourth-order valence-electron chi connectivity index (χ4n) is 2.77. The molecule has 92 valence electrons. The van der Waals surface area contributed by atoms with Gasteiger partial charge in [0.1, 0.15) is 0 Å². The number of carbonyl (C=O) groups excluding carboxylic acids is 1. The van der Waals surface area contributed by atoms with Crippen molar-refractivity contribution in [1.29, 1.82) is 0 Å². The zero-order valence-electron chi connectivity index (χ0n) is 10.3. The van der Waals surface area contributed by atoms with Crippen LogP contribution in [-0.4, -0.2) is 50.7 Å². The summed E-state index contributed by atoms with van der Waals surface area (Å²) in [6.07, 6.45) is 2.06. The SMILES string of the molecule is COCC1CCN(C(=O)C2(C)CCNC2)C1. The summed E-state index contributed by atoms with van der Waals surface area (Å²) < 4.78 is 5.15. The highest BCUT2D eigenvalue weighted by Gasteiger charge is 2.41. The van der Waals surface area contributed by atoms with Crippen molar-refractivity contribution >= 4 is 5.91 Å². The second-order valence-corrected chi connectivity index (χ2v) is 5.35. The van der Waals surface area contributed by atoms with Crippen molar-refractivity contribution in [2.45, 2.75) is 19.8 Å². The van der Waals surface area contributed by atoms with E-state index in [-0.39, 0.29) is 5.41 Å². The van der Waals surface area contributed by atoms with Crippen molar-refractivity contribution < 1.29 is 9.53 Å². The lowest BCUT2D eigenvalue weighted by Gasteiger charge is -2.28. The van der Waals surface area contributed by atoms with E-state index in [4.69, 9.17) is 4.74 Å². The van der Waals surface area contributed by atoms with Gasteiger partial charge >= 0.3 is 0 Å². The second-order valence-electron chi connectivity index (χ2n) is 5.35. The number of ether oxygens (including phenoxy) is 1. The summed E-state index contributed by atoms with van der Waals surface area (Å²) in [5, 5.41) is 3.28. The van der Waals surface area contributed by atoms with E-state index in [0.717, 1.165) is 45.6 Å². The van der Waals surface area contributed by atoms with E-state index >= 15 is 0 Å². The Bertz CT molecular complexity index is 262. The monoisotopic (exact) mass is 226 g/mol. The van der Waals surface area contributed by atoms with Crippen LogP contribution in [0.4, 0.5) is 0 Å². The molecule has 2 unspecified atom stereocenters. The number of nitrogens with one attached hydrogen (secondary N) is 1. The molecule has 2 rings (SSSR count). The number of carbonyl (C=O) groups is 1. The molecule has 0 aliphatic carbocycles. The summed E-state index contributed by atoms with van der Waals surface area (Å²) in [4.78, 5) is 14.4. The molecule has 2 atom stereocenters. The van der Waals surface area contributed by atoms with Gasteiger partial charge in [-0.1, -0.05) is 0 Å². The number of hydrogen-bond donors (Lipinski definition) is 1. The largest absolute Gasteiger partial charge is 0.384 e. The Balaban J connectivity index is 1.91. The maximum Gasteiger partial charge on any atom is 0.229 e. The van der Waals surface area contributed by atoms with Gasteiger partial charge in [0, 0.05) is 32.7 Å². The molecule has 0 spiro atoms. The first-order chi connectivity index (χ1) is 7.65. The van der Waals surface area contributed by atoms with E-state index in [1.165, 1.54) is 0 Å². The lowest BCUT2D eigenvalue weighted by atomic mass is 9.88. The molecule has 2 saturated heterocycles. The van der Waals surface area contributed by atoms with Crippen LogP contribution in [-0.2, 0) is 9.53 Å². The van der Waals surface area contributed by atoms with Gasteiger partial charge in [-0.05, 0) is 26.3 Å². The number of rotatable bonds is 3. The molecule has 4 nitrogen and oxygen atoms in total. The third-order valence-corrected chi connectivity index (χ3v) is 3.86. The smallest absolute Gasteiger partial charge is 0.229 e. The Morgan fingerprint density at radius 2 is 2.44 bits per heavy atom. The lowest BCUT2D eigenvalue weighted by Crippen LogP contribution is -2.42. The van der Waals surface area contributed by atoms with E-state index in [1.807, 2.05) is 4.90 Å². The quantitative estimate of drug-likeness (QED) is 0.761. The number of nitrogens with zero attached hydrogens (tertiary/aromatic N) is 1. The Labute approximate surface area is 97.3 Å². The van der Waals surface area contributed by atoms with Crippen LogP contribution in [0.3, 0.4) is 0 Å². The van der Waals surface area contributed by atoms with Crippen molar-refractivity contribution in [1.82, 2.24) is 10.2 Å². The van der Waals surface area contributed by atoms with E-state index in [2.05, 4.69) is 12.2 Å².